The van der Waals surface area contributed by atoms with E-state index in [1.807, 2.05) is 0 Å². The molecule has 0 spiro atoms. The highest BCUT2D eigenvalue weighted by Gasteiger charge is 2.30. The van der Waals surface area contributed by atoms with Crippen LogP contribution in [0.5, 0.6) is 5.75 Å². The van der Waals surface area contributed by atoms with Crippen LogP contribution in [0.25, 0.3) is 0 Å². The van der Waals surface area contributed by atoms with Gasteiger partial charge < -0.3 is 15.4 Å². The molecule has 1 aromatic carbocycles. The molecule has 1 saturated heterocycles. The van der Waals surface area contributed by atoms with Crippen LogP contribution in [-0.2, 0) is 4.79 Å². The van der Waals surface area contributed by atoms with Gasteiger partial charge >= 0.3 is 0 Å². The largest absolute Gasteiger partial charge is 0.480 e. The summed E-state index contributed by atoms with van der Waals surface area (Å²) in [6.45, 7) is 0.728. The third-order valence-electron chi connectivity index (χ3n) is 2.63. The fourth-order valence-corrected chi connectivity index (χ4v) is 1.82. The molecule has 86 valence electrons. The Hall–Kier alpha value is -1.42. The Morgan fingerprint density at radius 1 is 1.56 bits per heavy atom. The molecule has 0 aliphatic carbocycles. The van der Waals surface area contributed by atoms with Gasteiger partial charge in [0.15, 0.2) is 6.10 Å². The van der Waals surface area contributed by atoms with E-state index in [1.165, 1.54) is 0 Å². The van der Waals surface area contributed by atoms with Crippen LogP contribution in [0, 0.1) is 0 Å². The lowest BCUT2D eigenvalue weighted by molar-refractivity contribution is -0.132. The first-order valence-corrected chi connectivity index (χ1v) is 5.42. The highest BCUT2D eigenvalue weighted by molar-refractivity contribution is 6.33. The number of ether oxygens (including phenoxy) is 1. The van der Waals surface area contributed by atoms with Crippen molar-refractivity contribution in [3.05, 3.63) is 23.2 Å². The Kier molecular flexibility index (Phi) is 2.92. The molecule has 0 bridgehead atoms. The minimum atomic E-state index is -0.398. The van der Waals surface area contributed by atoms with Crippen LogP contribution in [0.3, 0.4) is 0 Å². The first-order chi connectivity index (χ1) is 7.58. The molecule has 1 aliphatic heterocycles. The van der Waals surface area contributed by atoms with Crippen molar-refractivity contribution in [1.29, 1.82) is 0 Å². The van der Waals surface area contributed by atoms with Crippen LogP contribution in [-0.4, -0.2) is 30.5 Å². The summed E-state index contributed by atoms with van der Waals surface area (Å²) in [5.41, 5.74) is 6.09. The number of anilines is 1. The fourth-order valence-electron chi connectivity index (χ4n) is 1.65. The predicted molar refractivity (Wildman–Crippen MR) is 62.5 cm³/mol. The summed E-state index contributed by atoms with van der Waals surface area (Å²) in [6, 6.07) is 5.01. The van der Waals surface area contributed by atoms with E-state index in [-0.39, 0.29) is 5.91 Å². The third kappa shape index (κ3) is 2.07. The van der Waals surface area contributed by atoms with Crippen molar-refractivity contribution in [2.24, 2.45) is 0 Å². The maximum absolute atomic E-state index is 11.6. The molecule has 1 aromatic rings. The van der Waals surface area contributed by atoms with Crippen molar-refractivity contribution >= 4 is 23.2 Å². The molecule has 1 amide bonds. The summed E-state index contributed by atoms with van der Waals surface area (Å²) in [5.74, 6) is 0.584. The number of nitrogen functional groups attached to an aromatic ring is 1. The smallest absolute Gasteiger partial charge is 0.263 e. The van der Waals surface area contributed by atoms with Gasteiger partial charge in [0.2, 0.25) is 0 Å². The van der Waals surface area contributed by atoms with E-state index in [2.05, 4.69) is 0 Å². The Morgan fingerprint density at radius 3 is 2.88 bits per heavy atom. The minimum absolute atomic E-state index is 0.00736. The number of carbonyl (C=O) groups is 1. The Morgan fingerprint density at radius 2 is 2.31 bits per heavy atom. The number of halogens is 1. The number of amides is 1. The molecule has 4 nitrogen and oxygen atoms in total. The van der Waals surface area contributed by atoms with E-state index < -0.39 is 6.10 Å². The molecule has 1 aliphatic rings. The topological polar surface area (TPSA) is 55.6 Å². The molecule has 16 heavy (non-hydrogen) atoms. The van der Waals surface area contributed by atoms with Gasteiger partial charge in [0, 0.05) is 26.1 Å². The second kappa shape index (κ2) is 4.22. The molecule has 5 heteroatoms. The zero-order valence-electron chi connectivity index (χ0n) is 8.94. The zero-order chi connectivity index (χ0) is 11.7. The Balaban J connectivity index is 2.10. The molecule has 1 atom stereocenters. The molecule has 0 radical (unpaired) electrons. The molecule has 2 rings (SSSR count). The zero-order valence-corrected chi connectivity index (χ0v) is 9.70. The average Bonchev–Trinajstić information content (AvgIpc) is 2.55. The second-order valence-electron chi connectivity index (χ2n) is 3.84. The van der Waals surface area contributed by atoms with Gasteiger partial charge in [-0.05, 0) is 12.1 Å². The molecule has 1 fully saturated rings. The summed E-state index contributed by atoms with van der Waals surface area (Å²) in [6.07, 6.45) is 0.307. The van der Waals surface area contributed by atoms with Crippen LogP contribution in [0.4, 0.5) is 5.69 Å². The molecule has 0 saturated carbocycles. The molecule has 2 N–H and O–H groups in total. The highest BCUT2D eigenvalue weighted by atomic mass is 35.5. The first kappa shape index (κ1) is 11.1. The third-order valence-corrected chi connectivity index (χ3v) is 2.96. The monoisotopic (exact) mass is 240 g/mol. The summed E-state index contributed by atoms with van der Waals surface area (Å²) < 4.78 is 5.56. The Bertz CT molecular complexity index is 422. The van der Waals surface area contributed by atoms with Gasteiger partial charge in [0.25, 0.3) is 5.91 Å². The number of hydrogen-bond acceptors (Lipinski definition) is 3. The van der Waals surface area contributed by atoms with Crippen LogP contribution in [0.1, 0.15) is 6.42 Å². The van der Waals surface area contributed by atoms with Crippen LogP contribution < -0.4 is 10.5 Å². The van der Waals surface area contributed by atoms with E-state index in [1.54, 1.807) is 30.1 Å². The van der Waals surface area contributed by atoms with Gasteiger partial charge in [-0.15, -0.1) is 0 Å². The number of nitrogens with zero attached hydrogens (tertiary/aromatic N) is 1. The van der Waals surface area contributed by atoms with Gasteiger partial charge in [-0.3, -0.25) is 4.79 Å². The number of likely N-dealkylation sites (tertiary alicyclic amines) is 1. The summed E-state index contributed by atoms with van der Waals surface area (Å²) in [7, 11) is 1.77. The van der Waals surface area contributed by atoms with Gasteiger partial charge in [-0.1, -0.05) is 11.6 Å². The highest BCUT2D eigenvalue weighted by Crippen LogP contribution is 2.26. The minimum Gasteiger partial charge on any atom is -0.480 e. The maximum atomic E-state index is 11.6. The van der Waals surface area contributed by atoms with Crippen molar-refractivity contribution < 1.29 is 9.53 Å². The van der Waals surface area contributed by atoms with Gasteiger partial charge in [-0.2, -0.15) is 0 Å². The summed E-state index contributed by atoms with van der Waals surface area (Å²) in [4.78, 5) is 13.3. The lowest BCUT2D eigenvalue weighted by Crippen LogP contribution is -2.29. The van der Waals surface area contributed by atoms with Crippen molar-refractivity contribution in [2.75, 3.05) is 19.3 Å². The number of hydrogen-bond donors (Lipinski definition) is 1. The SMILES string of the molecule is CN1CCC(Oc2ccc(N)c(Cl)c2)C1=O. The number of nitrogens with two attached hydrogens (primary N) is 1. The molecule has 0 aromatic heterocycles. The molecule has 1 heterocycles. The lowest BCUT2D eigenvalue weighted by Gasteiger charge is -2.13. The lowest BCUT2D eigenvalue weighted by atomic mass is 10.3. The second-order valence-corrected chi connectivity index (χ2v) is 4.25. The number of likely N-dealkylation sites (N-methyl/N-ethyl adjacent to an activating group) is 1. The average molecular weight is 241 g/mol. The fraction of sp³-hybridized carbons (Fsp3) is 0.364. The maximum Gasteiger partial charge on any atom is 0.263 e. The van der Waals surface area contributed by atoms with Crippen molar-refractivity contribution in [2.45, 2.75) is 12.5 Å². The van der Waals surface area contributed by atoms with Gasteiger partial charge in [0.1, 0.15) is 5.75 Å². The number of rotatable bonds is 2. The summed E-state index contributed by atoms with van der Waals surface area (Å²) in [5, 5.41) is 0.441. The van der Waals surface area contributed by atoms with Crippen molar-refractivity contribution in [1.82, 2.24) is 4.90 Å². The van der Waals surface area contributed by atoms with Crippen molar-refractivity contribution in [3.8, 4) is 5.75 Å². The Labute approximate surface area is 98.9 Å². The van der Waals surface area contributed by atoms with Crippen LogP contribution >= 0.6 is 11.6 Å². The van der Waals surface area contributed by atoms with Crippen molar-refractivity contribution in [3.63, 3.8) is 0 Å². The van der Waals surface area contributed by atoms with E-state index >= 15 is 0 Å². The molecule has 1 unspecified atom stereocenters. The van der Waals surface area contributed by atoms with Gasteiger partial charge in [0.05, 0.1) is 10.7 Å². The normalized spacial score (nSPS) is 20.2. The van der Waals surface area contributed by atoms with Crippen LogP contribution in [0.15, 0.2) is 18.2 Å². The quantitative estimate of drug-likeness (QED) is 0.798. The molecular weight excluding hydrogens is 228 g/mol. The number of benzene rings is 1. The van der Waals surface area contributed by atoms with E-state index in [9.17, 15) is 4.79 Å². The van der Waals surface area contributed by atoms with Gasteiger partial charge in [-0.25, -0.2) is 0 Å². The molecular formula is C11H13ClN2O2. The van der Waals surface area contributed by atoms with E-state index in [4.69, 9.17) is 22.1 Å². The number of carbonyl (C=O) groups excluding carboxylic acids is 1. The van der Waals surface area contributed by atoms with E-state index in [0.29, 0.717) is 22.9 Å². The van der Waals surface area contributed by atoms with E-state index in [0.717, 1.165) is 6.54 Å². The first-order valence-electron chi connectivity index (χ1n) is 5.04. The standard InChI is InChI=1S/C11H13ClN2O2/c1-14-5-4-10(11(14)15)16-7-2-3-9(13)8(12)6-7/h2-3,6,10H,4-5,13H2,1H3. The summed E-state index contributed by atoms with van der Waals surface area (Å²) >= 11 is 5.86. The van der Waals surface area contributed by atoms with Crippen LogP contribution in [0.2, 0.25) is 5.02 Å². The predicted octanol–water partition coefficient (Wildman–Crippen LogP) is 1.53.